The van der Waals surface area contributed by atoms with Crippen LogP contribution in [-0.4, -0.2) is 21.1 Å². The fraction of sp³-hybridized carbons (Fsp3) is 0.368. The molecule has 25 heavy (non-hydrogen) atoms. The van der Waals surface area contributed by atoms with Crippen molar-refractivity contribution in [2.45, 2.75) is 44.6 Å². The SMILES string of the molecule is O=C(N[C@H]1CCCc2c1[nH]c1ccc(Cl)cc21)c1n[nH]c2c1CCC2. The van der Waals surface area contributed by atoms with Gasteiger partial charge in [-0.3, -0.25) is 9.89 Å². The van der Waals surface area contributed by atoms with Crippen LogP contribution in [0.5, 0.6) is 0 Å². The van der Waals surface area contributed by atoms with Crippen LogP contribution in [0.25, 0.3) is 10.9 Å². The van der Waals surface area contributed by atoms with Crippen LogP contribution in [0.2, 0.25) is 5.02 Å². The third-order valence-electron chi connectivity index (χ3n) is 5.50. The van der Waals surface area contributed by atoms with Gasteiger partial charge in [-0.25, -0.2) is 0 Å². The molecular formula is C19H19ClN4O. The topological polar surface area (TPSA) is 73.6 Å². The van der Waals surface area contributed by atoms with Crippen molar-refractivity contribution in [2.24, 2.45) is 0 Å². The summed E-state index contributed by atoms with van der Waals surface area (Å²) in [5, 5.41) is 12.4. The van der Waals surface area contributed by atoms with Crippen molar-refractivity contribution in [2.75, 3.05) is 0 Å². The van der Waals surface area contributed by atoms with Crippen molar-refractivity contribution in [3.8, 4) is 0 Å². The number of amides is 1. The fourth-order valence-corrected chi connectivity index (χ4v) is 4.48. The van der Waals surface area contributed by atoms with Gasteiger partial charge < -0.3 is 10.3 Å². The number of H-pyrrole nitrogens is 2. The number of carbonyl (C=O) groups is 1. The van der Waals surface area contributed by atoms with Crippen molar-refractivity contribution in [3.05, 3.63) is 51.4 Å². The lowest BCUT2D eigenvalue weighted by atomic mass is 9.91. The van der Waals surface area contributed by atoms with Gasteiger partial charge in [0.25, 0.3) is 5.91 Å². The van der Waals surface area contributed by atoms with Crippen LogP contribution in [0.3, 0.4) is 0 Å². The number of aromatic nitrogens is 3. The summed E-state index contributed by atoms with van der Waals surface area (Å²) in [4.78, 5) is 16.3. The molecule has 128 valence electrons. The zero-order chi connectivity index (χ0) is 17.0. The van der Waals surface area contributed by atoms with Gasteiger partial charge in [-0.05, 0) is 62.3 Å². The highest BCUT2D eigenvalue weighted by atomic mass is 35.5. The van der Waals surface area contributed by atoms with Crippen LogP contribution in [0.4, 0.5) is 0 Å². The van der Waals surface area contributed by atoms with E-state index in [1.807, 2.05) is 18.2 Å². The van der Waals surface area contributed by atoms with Gasteiger partial charge in [0.15, 0.2) is 5.69 Å². The molecule has 2 aliphatic rings. The molecule has 0 radical (unpaired) electrons. The molecule has 2 aliphatic carbocycles. The minimum atomic E-state index is -0.0751. The lowest BCUT2D eigenvalue weighted by molar-refractivity contribution is 0.0926. The molecule has 0 saturated heterocycles. The Labute approximate surface area is 150 Å². The fourth-order valence-electron chi connectivity index (χ4n) is 4.31. The third kappa shape index (κ3) is 2.37. The van der Waals surface area contributed by atoms with E-state index >= 15 is 0 Å². The molecule has 0 fully saturated rings. The van der Waals surface area contributed by atoms with Crippen molar-refractivity contribution in [1.29, 1.82) is 0 Å². The monoisotopic (exact) mass is 354 g/mol. The Kier molecular flexibility index (Phi) is 3.38. The average Bonchev–Trinajstić information content (AvgIpc) is 3.28. The number of fused-ring (bicyclic) bond motifs is 4. The van der Waals surface area contributed by atoms with E-state index in [0.29, 0.717) is 5.69 Å². The zero-order valence-corrected chi connectivity index (χ0v) is 14.5. The lowest BCUT2D eigenvalue weighted by Gasteiger charge is -2.23. The Morgan fingerprint density at radius 3 is 3.00 bits per heavy atom. The summed E-state index contributed by atoms with van der Waals surface area (Å²) in [7, 11) is 0. The molecule has 1 amide bonds. The van der Waals surface area contributed by atoms with E-state index in [1.165, 1.54) is 10.9 Å². The summed E-state index contributed by atoms with van der Waals surface area (Å²) < 4.78 is 0. The normalized spacial score (nSPS) is 19.0. The molecule has 6 heteroatoms. The molecular weight excluding hydrogens is 336 g/mol. The quantitative estimate of drug-likeness (QED) is 0.654. The van der Waals surface area contributed by atoms with Crippen LogP contribution >= 0.6 is 11.6 Å². The number of aromatic amines is 2. The molecule has 2 aromatic heterocycles. The zero-order valence-electron chi connectivity index (χ0n) is 13.8. The highest BCUT2D eigenvalue weighted by molar-refractivity contribution is 6.31. The van der Waals surface area contributed by atoms with E-state index in [4.69, 9.17) is 11.6 Å². The molecule has 0 aliphatic heterocycles. The number of rotatable bonds is 2. The van der Waals surface area contributed by atoms with Gasteiger partial charge in [0.05, 0.1) is 6.04 Å². The number of aryl methyl sites for hydroxylation is 2. The number of benzene rings is 1. The molecule has 3 N–H and O–H groups in total. The summed E-state index contributed by atoms with van der Waals surface area (Å²) in [6, 6.07) is 5.91. The highest BCUT2D eigenvalue weighted by Gasteiger charge is 2.29. The lowest BCUT2D eigenvalue weighted by Crippen LogP contribution is -2.31. The first kappa shape index (κ1) is 15.0. The second-order valence-corrected chi connectivity index (χ2v) is 7.44. The molecule has 2 heterocycles. The van der Waals surface area contributed by atoms with Crippen LogP contribution < -0.4 is 5.32 Å². The first-order valence-corrected chi connectivity index (χ1v) is 9.25. The van der Waals surface area contributed by atoms with Crippen LogP contribution in [0.1, 0.15) is 58.3 Å². The van der Waals surface area contributed by atoms with Crippen molar-refractivity contribution < 1.29 is 4.79 Å². The Morgan fingerprint density at radius 1 is 1.20 bits per heavy atom. The predicted molar refractivity (Wildman–Crippen MR) is 97.1 cm³/mol. The molecule has 0 bridgehead atoms. The average molecular weight is 355 g/mol. The van der Waals surface area contributed by atoms with Crippen molar-refractivity contribution in [3.63, 3.8) is 0 Å². The summed E-state index contributed by atoms with van der Waals surface area (Å²) in [6.07, 6.45) is 6.03. The standard InChI is InChI=1S/C19H19ClN4O/c20-10-7-8-14-13(9-10)11-3-1-6-16(17(11)21-14)22-19(25)18-12-4-2-5-15(12)23-24-18/h7-9,16,21H,1-6H2,(H,22,25)(H,23,24)/t16-/m0/s1. The second-order valence-electron chi connectivity index (χ2n) is 7.01. The Bertz CT molecular complexity index is 987. The summed E-state index contributed by atoms with van der Waals surface area (Å²) >= 11 is 6.17. The number of halogens is 1. The second kappa shape index (κ2) is 5.63. The van der Waals surface area contributed by atoms with E-state index in [0.717, 1.165) is 66.0 Å². The molecule has 3 aromatic rings. The molecule has 0 saturated carbocycles. The maximum Gasteiger partial charge on any atom is 0.272 e. The van der Waals surface area contributed by atoms with E-state index in [-0.39, 0.29) is 11.9 Å². The molecule has 5 rings (SSSR count). The Morgan fingerprint density at radius 2 is 2.08 bits per heavy atom. The number of hydrogen-bond acceptors (Lipinski definition) is 2. The van der Waals surface area contributed by atoms with Gasteiger partial charge in [0, 0.05) is 32.9 Å². The van der Waals surface area contributed by atoms with Gasteiger partial charge in [0.1, 0.15) is 0 Å². The number of hydrogen-bond donors (Lipinski definition) is 3. The largest absolute Gasteiger partial charge is 0.356 e. The molecule has 5 nitrogen and oxygen atoms in total. The maximum absolute atomic E-state index is 12.8. The van der Waals surface area contributed by atoms with E-state index in [1.54, 1.807) is 0 Å². The highest BCUT2D eigenvalue weighted by Crippen LogP contribution is 2.36. The maximum atomic E-state index is 12.8. The number of nitrogens with one attached hydrogen (secondary N) is 3. The molecule has 0 spiro atoms. The van der Waals surface area contributed by atoms with Crippen molar-refractivity contribution >= 4 is 28.4 Å². The van der Waals surface area contributed by atoms with Crippen LogP contribution in [-0.2, 0) is 19.3 Å². The summed E-state index contributed by atoms with van der Waals surface area (Å²) in [6.45, 7) is 0. The van der Waals surface area contributed by atoms with E-state index in [9.17, 15) is 4.79 Å². The van der Waals surface area contributed by atoms with Gasteiger partial charge >= 0.3 is 0 Å². The summed E-state index contributed by atoms with van der Waals surface area (Å²) in [5.41, 5.74) is 6.26. The van der Waals surface area contributed by atoms with Gasteiger partial charge in [-0.1, -0.05) is 11.6 Å². The third-order valence-corrected chi connectivity index (χ3v) is 5.73. The molecule has 1 aromatic carbocycles. The molecule has 0 unspecified atom stereocenters. The van der Waals surface area contributed by atoms with E-state index in [2.05, 4.69) is 20.5 Å². The summed E-state index contributed by atoms with van der Waals surface area (Å²) in [5.74, 6) is -0.0751. The smallest absolute Gasteiger partial charge is 0.272 e. The number of carbonyl (C=O) groups excluding carboxylic acids is 1. The van der Waals surface area contributed by atoms with Crippen LogP contribution in [0.15, 0.2) is 18.2 Å². The molecule has 1 atom stereocenters. The van der Waals surface area contributed by atoms with Gasteiger partial charge in [0.2, 0.25) is 0 Å². The Balaban J connectivity index is 1.48. The first-order chi connectivity index (χ1) is 12.2. The predicted octanol–water partition coefficient (Wildman–Crippen LogP) is 3.84. The van der Waals surface area contributed by atoms with Crippen molar-refractivity contribution in [1.82, 2.24) is 20.5 Å². The van der Waals surface area contributed by atoms with Gasteiger partial charge in [-0.2, -0.15) is 5.10 Å². The van der Waals surface area contributed by atoms with E-state index < -0.39 is 0 Å². The Hall–Kier alpha value is -2.27. The first-order valence-electron chi connectivity index (χ1n) is 8.87. The minimum absolute atomic E-state index is 0.00354. The number of nitrogens with zero attached hydrogens (tertiary/aromatic N) is 1. The van der Waals surface area contributed by atoms with Crippen LogP contribution in [0, 0.1) is 0 Å². The van der Waals surface area contributed by atoms with Gasteiger partial charge in [-0.15, -0.1) is 0 Å². The minimum Gasteiger partial charge on any atom is -0.356 e.